The number of halogens is 5. The van der Waals surface area contributed by atoms with Crippen LogP contribution < -0.4 is 20.7 Å². The third-order valence-electron chi connectivity index (χ3n) is 8.60. The van der Waals surface area contributed by atoms with Gasteiger partial charge in [0, 0.05) is 51.2 Å². The Kier molecular flexibility index (Phi) is 9.58. The number of nitrogens with one attached hydrogen (secondary N) is 1. The number of hydrogen-bond acceptors (Lipinski definition) is 10. The number of aromatic hydroxyl groups is 1. The Morgan fingerprint density at radius 1 is 1.08 bits per heavy atom. The Morgan fingerprint density at radius 3 is 2.44 bits per heavy atom. The molecule has 2 fully saturated rings. The molecule has 5 heterocycles. The zero-order valence-corrected chi connectivity index (χ0v) is 27.7. The van der Waals surface area contributed by atoms with E-state index >= 15 is 0 Å². The average molecular weight is 722 g/mol. The topological polar surface area (TPSA) is 150 Å². The Hall–Kier alpha value is -4.97. The molecule has 2 aliphatic rings. The van der Waals surface area contributed by atoms with Gasteiger partial charge in [0.25, 0.3) is 11.5 Å². The Balaban J connectivity index is 1.35. The molecule has 2 amide bonds. The summed E-state index contributed by atoms with van der Waals surface area (Å²) in [7, 11) is 0. The van der Waals surface area contributed by atoms with Crippen molar-refractivity contribution in [2.75, 3.05) is 67.6 Å². The van der Waals surface area contributed by atoms with E-state index < -0.39 is 47.2 Å². The van der Waals surface area contributed by atoms with E-state index in [1.165, 1.54) is 28.7 Å². The van der Waals surface area contributed by atoms with Crippen LogP contribution in [0.2, 0.25) is 5.02 Å². The van der Waals surface area contributed by atoms with Crippen LogP contribution in [0, 0.1) is 12.7 Å². The van der Waals surface area contributed by atoms with Gasteiger partial charge < -0.3 is 34.4 Å². The molecule has 1 aromatic carbocycles. The summed E-state index contributed by atoms with van der Waals surface area (Å²) >= 11 is 5.97. The van der Waals surface area contributed by atoms with Gasteiger partial charge in [-0.25, -0.2) is 9.37 Å². The Bertz CT molecular complexity index is 2020. The van der Waals surface area contributed by atoms with Crippen LogP contribution in [-0.4, -0.2) is 98.5 Å². The molecule has 50 heavy (non-hydrogen) atoms. The SMILES string of the molecule is CCc1c(N2CCN(C(=O)c3nccc(Cl)c3O)CC2)c(=O)n2nc(N3CCOCC3)nc2n1CC(=O)Nc1cc(F)c(C(F)(F)F)cc1C. The molecule has 4 aromatic rings. The van der Waals surface area contributed by atoms with Crippen molar-refractivity contribution in [1.29, 1.82) is 0 Å². The molecule has 2 aliphatic heterocycles. The second-order valence-electron chi connectivity index (χ2n) is 11.7. The lowest BCUT2D eigenvalue weighted by Crippen LogP contribution is -2.51. The molecule has 0 bridgehead atoms. The van der Waals surface area contributed by atoms with Gasteiger partial charge >= 0.3 is 6.18 Å². The maximum atomic E-state index is 14.4. The van der Waals surface area contributed by atoms with Gasteiger partial charge in [-0.2, -0.15) is 22.7 Å². The fourth-order valence-corrected chi connectivity index (χ4v) is 6.20. The number of nitrogens with zero attached hydrogens (tertiary/aromatic N) is 8. The molecule has 2 saturated heterocycles. The summed E-state index contributed by atoms with van der Waals surface area (Å²) in [6, 6.07) is 2.60. The number of carbonyl (C=O) groups excluding carboxylic acids is 2. The molecule has 266 valence electrons. The zero-order chi connectivity index (χ0) is 35.9. The number of fused-ring (bicyclic) bond motifs is 1. The van der Waals surface area contributed by atoms with Crippen LogP contribution in [0.15, 0.2) is 29.2 Å². The van der Waals surface area contributed by atoms with Crippen molar-refractivity contribution in [3.63, 3.8) is 0 Å². The Morgan fingerprint density at radius 2 is 1.78 bits per heavy atom. The van der Waals surface area contributed by atoms with E-state index in [1.54, 1.807) is 11.8 Å². The van der Waals surface area contributed by atoms with Crippen molar-refractivity contribution in [1.82, 2.24) is 29.0 Å². The first-order valence-electron chi connectivity index (χ1n) is 15.7. The number of amides is 2. The van der Waals surface area contributed by atoms with Crippen molar-refractivity contribution < 1.29 is 37.0 Å². The van der Waals surface area contributed by atoms with Gasteiger partial charge in [0.15, 0.2) is 11.4 Å². The normalized spacial score (nSPS) is 15.5. The first-order chi connectivity index (χ1) is 23.8. The highest BCUT2D eigenvalue weighted by atomic mass is 35.5. The fraction of sp³-hybridized carbons (Fsp3) is 0.419. The standard InChI is InChI=1S/C31H32ClF4N9O5/c1-3-22-25(41-6-8-42(9-7-41)27(48)24-26(47)19(32)4-5-37-24)28(49)45-30(39-29(40-45)43-10-12-50-13-11-43)44(22)16-23(46)38-21-15-20(33)18(14-17(21)2)31(34,35)36/h4-5,14-15,47H,3,6-13,16H2,1-2H3,(H,38,46). The van der Waals surface area contributed by atoms with Gasteiger partial charge in [0.05, 0.1) is 29.5 Å². The van der Waals surface area contributed by atoms with E-state index in [4.69, 9.17) is 16.3 Å². The number of pyridine rings is 1. The van der Waals surface area contributed by atoms with Crippen molar-refractivity contribution >= 4 is 46.5 Å². The molecule has 0 radical (unpaired) electrons. The zero-order valence-electron chi connectivity index (χ0n) is 26.9. The predicted molar refractivity (Wildman–Crippen MR) is 173 cm³/mol. The quantitative estimate of drug-likeness (QED) is 0.273. The average Bonchev–Trinajstić information content (AvgIpc) is 3.54. The Labute approximate surface area is 286 Å². The molecule has 6 rings (SSSR count). The molecule has 0 spiro atoms. The number of morpholine rings is 1. The largest absolute Gasteiger partial charge is 0.504 e. The van der Waals surface area contributed by atoms with Crippen molar-refractivity contribution in [3.8, 4) is 5.75 Å². The lowest BCUT2D eigenvalue weighted by molar-refractivity contribution is -0.140. The molecule has 0 saturated carbocycles. The van der Waals surface area contributed by atoms with Gasteiger partial charge in [-0.1, -0.05) is 18.5 Å². The van der Waals surface area contributed by atoms with Crippen molar-refractivity contribution in [2.24, 2.45) is 0 Å². The predicted octanol–water partition coefficient (Wildman–Crippen LogP) is 3.11. The smallest absolute Gasteiger partial charge is 0.419 e. The van der Waals surface area contributed by atoms with Crippen LogP contribution in [0.1, 0.15) is 34.2 Å². The minimum atomic E-state index is -4.91. The summed E-state index contributed by atoms with van der Waals surface area (Å²) in [5.41, 5.74) is -1.66. The van der Waals surface area contributed by atoms with E-state index in [2.05, 4.69) is 20.4 Å². The number of anilines is 3. The number of carbonyl (C=O) groups is 2. The van der Waals surface area contributed by atoms with Crippen LogP contribution in [-0.2, 0) is 28.7 Å². The van der Waals surface area contributed by atoms with Gasteiger partial charge in [-0.05, 0) is 37.1 Å². The van der Waals surface area contributed by atoms with Crippen LogP contribution >= 0.6 is 11.6 Å². The highest BCUT2D eigenvalue weighted by Crippen LogP contribution is 2.34. The van der Waals surface area contributed by atoms with Gasteiger partial charge in [-0.15, -0.1) is 5.10 Å². The summed E-state index contributed by atoms with van der Waals surface area (Å²) in [4.78, 5) is 54.5. The van der Waals surface area contributed by atoms with E-state index in [0.717, 1.165) is 4.52 Å². The number of benzene rings is 1. The number of ether oxygens (including phenoxy) is 1. The number of aryl methyl sites for hydroxylation is 1. The molecule has 14 nitrogen and oxygen atoms in total. The summed E-state index contributed by atoms with van der Waals surface area (Å²) in [5, 5.41) is 17.3. The second kappa shape index (κ2) is 13.7. The van der Waals surface area contributed by atoms with E-state index in [-0.39, 0.29) is 72.0 Å². The third-order valence-corrected chi connectivity index (χ3v) is 8.90. The number of aromatic nitrogens is 5. The van der Waals surface area contributed by atoms with Crippen LogP contribution in [0.25, 0.3) is 5.78 Å². The van der Waals surface area contributed by atoms with Gasteiger partial charge in [-0.3, -0.25) is 14.4 Å². The number of hydrogen-bond donors (Lipinski definition) is 2. The first-order valence-corrected chi connectivity index (χ1v) is 16.1. The lowest BCUT2D eigenvalue weighted by atomic mass is 10.1. The maximum absolute atomic E-state index is 14.4. The second-order valence-corrected chi connectivity index (χ2v) is 12.1. The molecule has 3 aromatic heterocycles. The molecular weight excluding hydrogens is 690 g/mol. The summed E-state index contributed by atoms with van der Waals surface area (Å²) in [5.74, 6) is -2.92. The maximum Gasteiger partial charge on any atom is 0.419 e. The molecule has 19 heteroatoms. The van der Waals surface area contributed by atoms with Gasteiger partial charge in [0.1, 0.15) is 18.0 Å². The third kappa shape index (κ3) is 6.64. The minimum absolute atomic E-state index is 0.000626. The molecule has 0 unspecified atom stereocenters. The van der Waals surface area contributed by atoms with Crippen LogP contribution in [0.3, 0.4) is 0 Å². The molecular formula is C31H32ClF4N9O5. The molecule has 2 N–H and O–H groups in total. The van der Waals surface area contributed by atoms with Crippen molar-refractivity contribution in [2.45, 2.75) is 33.0 Å². The highest BCUT2D eigenvalue weighted by Gasteiger charge is 2.35. The highest BCUT2D eigenvalue weighted by molar-refractivity contribution is 6.32. The summed E-state index contributed by atoms with van der Waals surface area (Å²) in [6.07, 6.45) is -3.35. The number of piperazine rings is 1. The van der Waals surface area contributed by atoms with Crippen molar-refractivity contribution in [3.05, 3.63) is 68.1 Å². The van der Waals surface area contributed by atoms with Crippen LogP contribution in [0.4, 0.5) is 34.9 Å². The van der Waals surface area contributed by atoms with Gasteiger partial charge in [0.2, 0.25) is 17.6 Å². The minimum Gasteiger partial charge on any atom is -0.504 e. The number of alkyl halides is 3. The fourth-order valence-electron chi connectivity index (χ4n) is 6.05. The lowest BCUT2D eigenvalue weighted by Gasteiger charge is -2.36. The number of rotatable bonds is 7. The summed E-state index contributed by atoms with van der Waals surface area (Å²) < 4.78 is 62.2. The molecule has 0 atom stereocenters. The first kappa shape index (κ1) is 34.9. The molecule has 0 aliphatic carbocycles. The van der Waals surface area contributed by atoms with Crippen LogP contribution in [0.5, 0.6) is 5.75 Å². The van der Waals surface area contributed by atoms with E-state index in [9.17, 15) is 37.1 Å². The summed E-state index contributed by atoms with van der Waals surface area (Å²) in [6.45, 7) is 5.13. The monoisotopic (exact) mass is 721 g/mol. The van der Waals surface area contributed by atoms with E-state index in [0.29, 0.717) is 44.1 Å². The van der Waals surface area contributed by atoms with E-state index in [1.807, 2.05) is 4.90 Å².